The number of rotatable bonds is 7. The molecule has 2 amide bonds. The molecule has 3 aromatic carbocycles. The Morgan fingerprint density at radius 2 is 1.69 bits per heavy atom. The summed E-state index contributed by atoms with van der Waals surface area (Å²) in [6.07, 6.45) is 0. The monoisotopic (exact) mass is 390 g/mol. The molecule has 0 saturated heterocycles. The number of carbonyl (C=O) groups excluding carboxylic acids is 2. The molecule has 3 aromatic rings. The quantitative estimate of drug-likeness (QED) is 0.620. The van der Waals surface area contributed by atoms with E-state index in [4.69, 9.17) is 15.2 Å². The Morgan fingerprint density at radius 3 is 2.34 bits per heavy atom. The van der Waals surface area contributed by atoms with Crippen molar-refractivity contribution in [3.63, 3.8) is 0 Å². The number of nitrogens with one attached hydrogen (secondary N) is 1. The second-order valence-corrected chi connectivity index (χ2v) is 6.39. The number of anilines is 1. The standard InChI is InChI=1S/C23H22N2O4/c1-3-28-21-12-7-17(13-15(21)2)23(27)25-18-8-10-19(11-9-18)29-20-6-4-5-16(14-20)22(24)26/h4-14H,3H2,1-2H3,(H2,24,26)(H,25,27). The highest BCUT2D eigenvalue weighted by molar-refractivity contribution is 6.04. The summed E-state index contributed by atoms with van der Waals surface area (Å²) in [5.74, 6) is 1.12. The van der Waals surface area contributed by atoms with Crippen molar-refractivity contribution in [3.05, 3.63) is 83.4 Å². The van der Waals surface area contributed by atoms with Gasteiger partial charge < -0.3 is 20.5 Å². The van der Waals surface area contributed by atoms with E-state index in [9.17, 15) is 9.59 Å². The van der Waals surface area contributed by atoms with E-state index in [0.29, 0.717) is 34.9 Å². The SMILES string of the molecule is CCOc1ccc(C(=O)Nc2ccc(Oc3cccc(C(N)=O)c3)cc2)cc1C. The van der Waals surface area contributed by atoms with Crippen LogP contribution in [-0.4, -0.2) is 18.4 Å². The van der Waals surface area contributed by atoms with Gasteiger partial charge in [0.15, 0.2) is 0 Å². The lowest BCUT2D eigenvalue weighted by molar-refractivity contribution is 0.0997. The molecule has 6 heteroatoms. The van der Waals surface area contributed by atoms with Gasteiger partial charge in [0, 0.05) is 16.8 Å². The fourth-order valence-electron chi connectivity index (χ4n) is 2.77. The van der Waals surface area contributed by atoms with Crippen molar-refractivity contribution in [2.45, 2.75) is 13.8 Å². The molecule has 0 aliphatic rings. The van der Waals surface area contributed by atoms with Crippen molar-refractivity contribution in [2.75, 3.05) is 11.9 Å². The van der Waals surface area contributed by atoms with Crippen LogP contribution in [0.4, 0.5) is 5.69 Å². The van der Waals surface area contributed by atoms with Crippen molar-refractivity contribution in [1.29, 1.82) is 0 Å². The summed E-state index contributed by atoms with van der Waals surface area (Å²) in [6.45, 7) is 4.40. The molecule has 0 fully saturated rings. The molecule has 0 saturated carbocycles. The molecule has 0 aliphatic carbocycles. The lowest BCUT2D eigenvalue weighted by Crippen LogP contribution is -2.12. The van der Waals surface area contributed by atoms with Crippen LogP contribution in [0.1, 0.15) is 33.2 Å². The summed E-state index contributed by atoms with van der Waals surface area (Å²) in [5, 5.41) is 2.86. The van der Waals surface area contributed by atoms with Gasteiger partial charge in [0.25, 0.3) is 5.91 Å². The highest BCUT2D eigenvalue weighted by Gasteiger charge is 2.09. The largest absolute Gasteiger partial charge is 0.494 e. The summed E-state index contributed by atoms with van der Waals surface area (Å²) in [6, 6.07) is 18.9. The second kappa shape index (κ2) is 8.93. The first kappa shape index (κ1) is 19.9. The van der Waals surface area contributed by atoms with Gasteiger partial charge >= 0.3 is 0 Å². The summed E-state index contributed by atoms with van der Waals surface area (Å²) in [4.78, 5) is 23.7. The van der Waals surface area contributed by atoms with Gasteiger partial charge in [-0.15, -0.1) is 0 Å². The van der Waals surface area contributed by atoms with Crippen LogP contribution < -0.4 is 20.5 Å². The van der Waals surface area contributed by atoms with Crippen molar-refractivity contribution >= 4 is 17.5 Å². The van der Waals surface area contributed by atoms with Crippen molar-refractivity contribution in [1.82, 2.24) is 0 Å². The minimum atomic E-state index is -0.516. The number of hydrogen-bond acceptors (Lipinski definition) is 4. The van der Waals surface area contributed by atoms with Gasteiger partial charge in [-0.05, 0) is 80.1 Å². The number of nitrogens with two attached hydrogens (primary N) is 1. The lowest BCUT2D eigenvalue weighted by Gasteiger charge is -2.10. The molecule has 0 bridgehead atoms. The van der Waals surface area contributed by atoms with Gasteiger partial charge in [-0.25, -0.2) is 0 Å². The van der Waals surface area contributed by atoms with Gasteiger partial charge in [0.05, 0.1) is 6.61 Å². The number of benzene rings is 3. The predicted molar refractivity (Wildman–Crippen MR) is 112 cm³/mol. The molecule has 0 spiro atoms. The maximum absolute atomic E-state index is 12.5. The van der Waals surface area contributed by atoms with Crippen LogP contribution in [0.15, 0.2) is 66.7 Å². The number of carbonyl (C=O) groups is 2. The third kappa shape index (κ3) is 5.13. The normalized spacial score (nSPS) is 10.3. The molecule has 0 atom stereocenters. The van der Waals surface area contributed by atoms with E-state index < -0.39 is 5.91 Å². The first-order chi connectivity index (χ1) is 14.0. The van der Waals surface area contributed by atoms with Crippen LogP contribution in [0.5, 0.6) is 17.2 Å². The predicted octanol–water partition coefficient (Wildman–Crippen LogP) is 4.54. The fraction of sp³-hybridized carbons (Fsp3) is 0.130. The molecule has 0 heterocycles. The first-order valence-corrected chi connectivity index (χ1v) is 9.19. The van der Waals surface area contributed by atoms with Crippen molar-refractivity contribution < 1.29 is 19.1 Å². The average molecular weight is 390 g/mol. The van der Waals surface area contributed by atoms with Crippen LogP contribution in [0, 0.1) is 6.92 Å². The molecule has 6 nitrogen and oxygen atoms in total. The molecule has 0 aromatic heterocycles. The fourth-order valence-corrected chi connectivity index (χ4v) is 2.77. The van der Waals surface area contributed by atoms with Gasteiger partial charge in [0.2, 0.25) is 5.91 Å². The third-order valence-electron chi connectivity index (χ3n) is 4.20. The van der Waals surface area contributed by atoms with E-state index in [1.807, 2.05) is 13.8 Å². The lowest BCUT2D eigenvalue weighted by atomic mass is 10.1. The van der Waals surface area contributed by atoms with E-state index in [2.05, 4.69) is 5.32 Å². The van der Waals surface area contributed by atoms with E-state index in [1.165, 1.54) is 0 Å². The summed E-state index contributed by atoms with van der Waals surface area (Å²) in [5.41, 5.74) is 7.75. The summed E-state index contributed by atoms with van der Waals surface area (Å²) < 4.78 is 11.2. The smallest absolute Gasteiger partial charge is 0.255 e. The zero-order valence-electron chi connectivity index (χ0n) is 16.3. The Balaban J connectivity index is 1.66. The minimum Gasteiger partial charge on any atom is -0.494 e. The highest BCUT2D eigenvalue weighted by Crippen LogP contribution is 2.24. The maximum Gasteiger partial charge on any atom is 0.255 e. The third-order valence-corrected chi connectivity index (χ3v) is 4.20. The summed E-state index contributed by atoms with van der Waals surface area (Å²) in [7, 11) is 0. The Bertz CT molecular complexity index is 1030. The minimum absolute atomic E-state index is 0.209. The second-order valence-electron chi connectivity index (χ2n) is 6.39. The number of ether oxygens (including phenoxy) is 2. The van der Waals surface area contributed by atoms with Gasteiger partial charge in [-0.3, -0.25) is 9.59 Å². The van der Waals surface area contributed by atoms with Gasteiger partial charge in [0.1, 0.15) is 17.2 Å². The molecule has 0 radical (unpaired) electrons. The van der Waals surface area contributed by atoms with Crippen molar-refractivity contribution in [2.24, 2.45) is 5.73 Å². The number of primary amides is 1. The molecule has 0 aliphatic heterocycles. The zero-order chi connectivity index (χ0) is 20.8. The Morgan fingerprint density at radius 1 is 0.931 bits per heavy atom. The van der Waals surface area contributed by atoms with Gasteiger partial charge in [-0.2, -0.15) is 0 Å². The number of hydrogen-bond donors (Lipinski definition) is 2. The number of amides is 2. The molecule has 3 N–H and O–H groups in total. The molecular weight excluding hydrogens is 368 g/mol. The van der Waals surface area contributed by atoms with Crippen LogP contribution in [0.25, 0.3) is 0 Å². The maximum atomic E-state index is 12.5. The summed E-state index contributed by atoms with van der Waals surface area (Å²) >= 11 is 0. The molecular formula is C23H22N2O4. The van der Waals surface area contributed by atoms with E-state index in [-0.39, 0.29) is 5.91 Å². The van der Waals surface area contributed by atoms with Gasteiger partial charge in [-0.1, -0.05) is 6.07 Å². The number of aryl methyl sites for hydroxylation is 1. The Labute approximate surface area is 169 Å². The van der Waals surface area contributed by atoms with E-state index >= 15 is 0 Å². The Hall–Kier alpha value is -3.80. The van der Waals surface area contributed by atoms with E-state index in [0.717, 1.165) is 11.3 Å². The molecule has 29 heavy (non-hydrogen) atoms. The Kier molecular flexibility index (Phi) is 6.14. The van der Waals surface area contributed by atoms with Crippen LogP contribution in [-0.2, 0) is 0 Å². The zero-order valence-corrected chi connectivity index (χ0v) is 16.3. The average Bonchev–Trinajstić information content (AvgIpc) is 2.71. The first-order valence-electron chi connectivity index (χ1n) is 9.19. The highest BCUT2D eigenvalue weighted by atomic mass is 16.5. The van der Waals surface area contributed by atoms with E-state index in [1.54, 1.807) is 66.7 Å². The van der Waals surface area contributed by atoms with Crippen LogP contribution in [0.3, 0.4) is 0 Å². The molecule has 0 unspecified atom stereocenters. The molecule has 3 rings (SSSR count). The van der Waals surface area contributed by atoms with Crippen molar-refractivity contribution in [3.8, 4) is 17.2 Å². The molecule has 148 valence electrons. The topological polar surface area (TPSA) is 90.7 Å². The van der Waals surface area contributed by atoms with Crippen LogP contribution >= 0.6 is 0 Å². The van der Waals surface area contributed by atoms with Crippen LogP contribution in [0.2, 0.25) is 0 Å².